The van der Waals surface area contributed by atoms with Crippen LogP contribution < -0.4 is 5.32 Å². The number of carbonyl (C=O) groups is 1. The molecule has 1 heterocycles. The molecule has 0 unspecified atom stereocenters. The number of rotatable bonds is 2. The predicted molar refractivity (Wildman–Crippen MR) is 82.3 cm³/mol. The van der Waals surface area contributed by atoms with Crippen molar-refractivity contribution in [3.05, 3.63) is 50.3 Å². The van der Waals surface area contributed by atoms with Crippen molar-refractivity contribution in [2.45, 2.75) is 6.92 Å². The number of benzene rings is 1. The first-order valence-corrected chi connectivity index (χ1v) is 6.83. The van der Waals surface area contributed by atoms with Gasteiger partial charge in [-0.2, -0.15) is 0 Å². The van der Waals surface area contributed by atoms with Crippen molar-refractivity contribution in [2.75, 3.05) is 5.32 Å². The number of hydrogen-bond donors (Lipinski definition) is 1. The largest absolute Gasteiger partial charge is 0.344 e. The smallest absolute Gasteiger partial charge is 0.272 e. The van der Waals surface area contributed by atoms with E-state index in [-0.39, 0.29) is 5.91 Å². The van der Waals surface area contributed by atoms with Crippen molar-refractivity contribution < 1.29 is 4.79 Å². The summed E-state index contributed by atoms with van der Waals surface area (Å²) in [6.45, 7) is 1.95. The number of carbonyl (C=O) groups excluding carboxylic acids is 1. The first-order chi connectivity index (χ1) is 8.49. The topological polar surface area (TPSA) is 34.0 Å². The summed E-state index contributed by atoms with van der Waals surface area (Å²) in [5.41, 5.74) is 2.27. The zero-order valence-electron chi connectivity index (χ0n) is 10.00. The highest BCUT2D eigenvalue weighted by atomic mass is 127. The van der Waals surface area contributed by atoms with E-state index in [1.54, 1.807) is 12.1 Å². The van der Waals surface area contributed by atoms with E-state index >= 15 is 0 Å². The van der Waals surface area contributed by atoms with Gasteiger partial charge < -0.3 is 9.88 Å². The second kappa shape index (κ2) is 5.32. The molecule has 0 spiro atoms. The second-order valence-corrected chi connectivity index (χ2v) is 5.65. The maximum absolute atomic E-state index is 12.1. The Bertz CT molecular complexity index is 607. The zero-order chi connectivity index (χ0) is 13.3. The fourth-order valence-corrected chi connectivity index (χ4v) is 2.52. The lowest BCUT2D eigenvalue weighted by Crippen LogP contribution is -2.16. The molecule has 0 aliphatic heterocycles. The lowest BCUT2D eigenvalue weighted by Gasteiger charge is -2.09. The van der Waals surface area contributed by atoms with Gasteiger partial charge >= 0.3 is 0 Å². The highest BCUT2D eigenvalue weighted by Gasteiger charge is 2.12. The SMILES string of the molecule is Cc1ccc(C(=O)Nc2ccc(I)cc2Cl)n1C. The molecule has 0 aliphatic rings. The van der Waals surface area contributed by atoms with Crippen molar-refractivity contribution in [2.24, 2.45) is 7.05 Å². The van der Waals surface area contributed by atoms with Crippen LogP contribution in [0.5, 0.6) is 0 Å². The minimum atomic E-state index is -0.159. The molecule has 18 heavy (non-hydrogen) atoms. The van der Waals surface area contributed by atoms with Crippen molar-refractivity contribution in [3.8, 4) is 0 Å². The van der Waals surface area contributed by atoms with Gasteiger partial charge in [-0.05, 0) is 59.8 Å². The molecule has 5 heteroatoms. The van der Waals surface area contributed by atoms with E-state index in [9.17, 15) is 4.79 Å². The van der Waals surface area contributed by atoms with Gasteiger partial charge in [-0.15, -0.1) is 0 Å². The molecule has 1 N–H and O–H groups in total. The molecule has 0 saturated heterocycles. The number of hydrogen-bond acceptors (Lipinski definition) is 1. The summed E-state index contributed by atoms with van der Waals surface area (Å²) in [6.07, 6.45) is 0. The van der Waals surface area contributed by atoms with Gasteiger partial charge in [-0.3, -0.25) is 4.79 Å². The summed E-state index contributed by atoms with van der Waals surface area (Å²) >= 11 is 8.25. The monoisotopic (exact) mass is 374 g/mol. The first kappa shape index (κ1) is 13.4. The Morgan fingerprint density at radius 2 is 2.06 bits per heavy atom. The Morgan fingerprint density at radius 1 is 1.33 bits per heavy atom. The molecule has 0 saturated carbocycles. The predicted octanol–water partition coefficient (Wildman–Crippen LogP) is 3.84. The van der Waals surface area contributed by atoms with Crippen LogP contribution in [-0.2, 0) is 7.05 Å². The second-order valence-electron chi connectivity index (χ2n) is 4.00. The fourth-order valence-electron chi connectivity index (χ4n) is 1.62. The van der Waals surface area contributed by atoms with Gasteiger partial charge in [0.25, 0.3) is 5.91 Å². The number of anilines is 1. The number of nitrogens with one attached hydrogen (secondary N) is 1. The van der Waals surface area contributed by atoms with Crippen molar-refractivity contribution in [3.63, 3.8) is 0 Å². The molecular weight excluding hydrogens is 363 g/mol. The van der Waals surface area contributed by atoms with Crippen molar-refractivity contribution >= 4 is 45.8 Å². The summed E-state index contributed by atoms with van der Waals surface area (Å²) in [7, 11) is 1.86. The van der Waals surface area contributed by atoms with Crippen LogP contribution in [0.3, 0.4) is 0 Å². The number of aryl methyl sites for hydroxylation is 1. The van der Waals surface area contributed by atoms with Gasteiger partial charge in [0, 0.05) is 16.3 Å². The third kappa shape index (κ3) is 2.70. The van der Waals surface area contributed by atoms with E-state index < -0.39 is 0 Å². The third-order valence-electron chi connectivity index (χ3n) is 2.78. The molecule has 0 atom stereocenters. The molecule has 0 aliphatic carbocycles. The molecule has 1 amide bonds. The first-order valence-electron chi connectivity index (χ1n) is 5.38. The molecule has 0 bridgehead atoms. The van der Waals surface area contributed by atoms with E-state index in [2.05, 4.69) is 27.9 Å². The summed E-state index contributed by atoms with van der Waals surface area (Å²) in [6, 6.07) is 9.22. The Hall–Kier alpha value is -1.01. The highest BCUT2D eigenvalue weighted by molar-refractivity contribution is 14.1. The van der Waals surface area contributed by atoms with Gasteiger partial charge in [0.2, 0.25) is 0 Å². The van der Waals surface area contributed by atoms with Crippen LogP contribution in [0.4, 0.5) is 5.69 Å². The zero-order valence-corrected chi connectivity index (χ0v) is 12.9. The van der Waals surface area contributed by atoms with E-state index in [1.807, 2.05) is 36.7 Å². The van der Waals surface area contributed by atoms with Crippen LogP contribution >= 0.6 is 34.2 Å². The van der Waals surface area contributed by atoms with Gasteiger partial charge in [0.15, 0.2) is 0 Å². The minimum Gasteiger partial charge on any atom is -0.344 e. The quantitative estimate of drug-likeness (QED) is 0.796. The summed E-state index contributed by atoms with van der Waals surface area (Å²) in [5, 5.41) is 3.36. The van der Waals surface area contributed by atoms with Gasteiger partial charge in [-0.1, -0.05) is 11.6 Å². The number of amides is 1. The van der Waals surface area contributed by atoms with E-state index in [0.717, 1.165) is 9.26 Å². The molecular formula is C13H12ClIN2O. The molecule has 94 valence electrons. The molecule has 2 rings (SSSR count). The fraction of sp³-hybridized carbons (Fsp3) is 0.154. The van der Waals surface area contributed by atoms with Gasteiger partial charge in [0.1, 0.15) is 5.69 Å². The molecule has 1 aromatic carbocycles. The standard InChI is InChI=1S/C13H12ClIN2O/c1-8-3-6-12(17(8)2)13(18)16-11-5-4-9(15)7-10(11)14/h3-7H,1-2H3,(H,16,18). The number of halogens is 2. The summed E-state index contributed by atoms with van der Waals surface area (Å²) in [5.74, 6) is -0.159. The Kier molecular flexibility index (Phi) is 3.97. The molecule has 0 fully saturated rings. The Labute approximate surface area is 124 Å². The van der Waals surface area contributed by atoms with Gasteiger partial charge in [0.05, 0.1) is 10.7 Å². The molecule has 1 aromatic heterocycles. The lowest BCUT2D eigenvalue weighted by atomic mass is 10.3. The van der Waals surface area contributed by atoms with Crippen molar-refractivity contribution in [1.29, 1.82) is 0 Å². The Balaban J connectivity index is 2.24. The number of nitrogens with zero attached hydrogens (tertiary/aromatic N) is 1. The maximum Gasteiger partial charge on any atom is 0.272 e. The minimum absolute atomic E-state index is 0.159. The van der Waals surface area contributed by atoms with Gasteiger partial charge in [-0.25, -0.2) is 0 Å². The van der Waals surface area contributed by atoms with Crippen LogP contribution in [0.25, 0.3) is 0 Å². The third-order valence-corrected chi connectivity index (χ3v) is 3.77. The van der Waals surface area contributed by atoms with Crippen LogP contribution in [0.1, 0.15) is 16.2 Å². The number of aromatic nitrogens is 1. The molecule has 3 nitrogen and oxygen atoms in total. The van der Waals surface area contributed by atoms with Crippen LogP contribution in [-0.4, -0.2) is 10.5 Å². The maximum atomic E-state index is 12.1. The lowest BCUT2D eigenvalue weighted by molar-refractivity contribution is 0.101. The highest BCUT2D eigenvalue weighted by Crippen LogP contribution is 2.24. The molecule has 0 radical (unpaired) electrons. The summed E-state index contributed by atoms with van der Waals surface area (Å²) < 4.78 is 2.88. The van der Waals surface area contributed by atoms with E-state index in [1.165, 1.54) is 0 Å². The van der Waals surface area contributed by atoms with E-state index in [0.29, 0.717) is 16.4 Å². The average Bonchev–Trinajstić information content (AvgIpc) is 2.64. The van der Waals surface area contributed by atoms with Crippen molar-refractivity contribution in [1.82, 2.24) is 4.57 Å². The normalized spacial score (nSPS) is 10.4. The summed E-state index contributed by atoms with van der Waals surface area (Å²) in [4.78, 5) is 12.1. The van der Waals surface area contributed by atoms with Crippen LogP contribution in [0.2, 0.25) is 5.02 Å². The molecule has 2 aromatic rings. The van der Waals surface area contributed by atoms with Crippen LogP contribution in [0, 0.1) is 10.5 Å². The Morgan fingerprint density at radius 3 is 2.61 bits per heavy atom. The average molecular weight is 375 g/mol. The van der Waals surface area contributed by atoms with Crippen LogP contribution in [0.15, 0.2) is 30.3 Å². The van der Waals surface area contributed by atoms with E-state index in [4.69, 9.17) is 11.6 Å².